The fourth-order valence-corrected chi connectivity index (χ4v) is 3.06. The normalized spacial score (nSPS) is 27.8. The number of halogens is 1. The van der Waals surface area contributed by atoms with Crippen LogP contribution in [0.1, 0.15) is 51.4 Å². The van der Waals surface area contributed by atoms with Crippen LogP contribution in [0.3, 0.4) is 0 Å². The van der Waals surface area contributed by atoms with Gasteiger partial charge in [-0.2, -0.15) is 0 Å². The first-order valence-electron chi connectivity index (χ1n) is 7.43. The number of amides is 1. The Morgan fingerprint density at radius 2 is 1.89 bits per heavy atom. The average Bonchev–Trinajstić information content (AvgIpc) is 2.89. The van der Waals surface area contributed by atoms with Gasteiger partial charge in [-0.25, -0.2) is 0 Å². The first-order chi connectivity index (χ1) is 8.79. The van der Waals surface area contributed by atoms with Gasteiger partial charge in [-0.3, -0.25) is 4.79 Å². The van der Waals surface area contributed by atoms with E-state index in [1.165, 1.54) is 32.1 Å². The second-order valence-corrected chi connectivity index (χ2v) is 5.64. The van der Waals surface area contributed by atoms with Gasteiger partial charge in [-0.1, -0.05) is 32.1 Å². The number of carbonyl (C=O) groups is 1. The molecule has 5 heteroatoms. The van der Waals surface area contributed by atoms with Crippen LogP contribution in [0.2, 0.25) is 0 Å². The molecule has 1 aliphatic carbocycles. The van der Waals surface area contributed by atoms with Crippen molar-refractivity contribution >= 4 is 18.3 Å². The molecule has 1 aliphatic heterocycles. The van der Waals surface area contributed by atoms with Gasteiger partial charge in [0.05, 0.1) is 6.10 Å². The lowest BCUT2D eigenvalue weighted by Crippen LogP contribution is -2.36. The molecule has 112 valence electrons. The SMILES string of the molecule is Cl.NC[C@H]1CC[C@@H](C(=O)NCCC2CCCCC2)O1. The van der Waals surface area contributed by atoms with Crippen LogP contribution >= 0.6 is 12.4 Å². The molecule has 1 amide bonds. The Morgan fingerprint density at radius 1 is 1.16 bits per heavy atom. The summed E-state index contributed by atoms with van der Waals surface area (Å²) < 4.78 is 5.58. The Kier molecular flexibility index (Phi) is 7.73. The molecule has 0 bridgehead atoms. The first-order valence-corrected chi connectivity index (χ1v) is 7.43. The Labute approximate surface area is 122 Å². The molecule has 2 atom stereocenters. The summed E-state index contributed by atoms with van der Waals surface area (Å²) in [6.45, 7) is 1.32. The lowest BCUT2D eigenvalue weighted by atomic mass is 9.87. The highest BCUT2D eigenvalue weighted by atomic mass is 35.5. The summed E-state index contributed by atoms with van der Waals surface area (Å²) in [5.41, 5.74) is 5.54. The van der Waals surface area contributed by atoms with Crippen molar-refractivity contribution in [3.63, 3.8) is 0 Å². The smallest absolute Gasteiger partial charge is 0.249 e. The Hall–Kier alpha value is -0.320. The van der Waals surface area contributed by atoms with Crippen LogP contribution in [-0.2, 0) is 9.53 Å². The van der Waals surface area contributed by atoms with Crippen LogP contribution in [-0.4, -0.2) is 31.2 Å². The Balaban J connectivity index is 0.00000180. The standard InChI is InChI=1S/C14H26N2O2.ClH/c15-10-12-6-7-13(18-12)14(17)16-9-8-11-4-2-1-3-5-11;/h11-13H,1-10,15H2,(H,16,17);1H/t12-,13+;/m1./s1. The van der Waals surface area contributed by atoms with Gasteiger partial charge in [0.2, 0.25) is 5.91 Å². The van der Waals surface area contributed by atoms with E-state index in [-0.39, 0.29) is 30.5 Å². The lowest BCUT2D eigenvalue weighted by molar-refractivity contribution is -0.131. The zero-order chi connectivity index (χ0) is 12.8. The van der Waals surface area contributed by atoms with E-state index in [1.54, 1.807) is 0 Å². The fraction of sp³-hybridized carbons (Fsp3) is 0.929. The van der Waals surface area contributed by atoms with Gasteiger partial charge in [-0.05, 0) is 25.2 Å². The summed E-state index contributed by atoms with van der Waals surface area (Å²) >= 11 is 0. The molecule has 4 nitrogen and oxygen atoms in total. The van der Waals surface area contributed by atoms with E-state index >= 15 is 0 Å². The number of nitrogens with two attached hydrogens (primary N) is 1. The molecule has 0 unspecified atom stereocenters. The van der Waals surface area contributed by atoms with Gasteiger partial charge in [0.1, 0.15) is 6.10 Å². The quantitative estimate of drug-likeness (QED) is 0.814. The minimum Gasteiger partial charge on any atom is -0.364 e. The molecule has 0 spiro atoms. The molecule has 1 saturated heterocycles. The number of hydrogen-bond acceptors (Lipinski definition) is 3. The van der Waals surface area contributed by atoms with Crippen molar-refractivity contribution < 1.29 is 9.53 Å². The van der Waals surface area contributed by atoms with Gasteiger partial charge >= 0.3 is 0 Å². The van der Waals surface area contributed by atoms with Crippen LogP contribution in [0.5, 0.6) is 0 Å². The van der Waals surface area contributed by atoms with Crippen molar-refractivity contribution in [2.75, 3.05) is 13.1 Å². The second kappa shape index (κ2) is 8.77. The number of ether oxygens (including phenoxy) is 1. The maximum atomic E-state index is 11.9. The third kappa shape index (κ3) is 5.28. The van der Waals surface area contributed by atoms with Crippen LogP contribution < -0.4 is 11.1 Å². The predicted molar refractivity (Wildman–Crippen MR) is 78.4 cm³/mol. The van der Waals surface area contributed by atoms with E-state index in [0.29, 0.717) is 6.54 Å². The maximum absolute atomic E-state index is 11.9. The molecule has 2 rings (SSSR count). The maximum Gasteiger partial charge on any atom is 0.249 e. The monoisotopic (exact) mass is 290 g/mol. The molecule has 0 aromatic carbocycles. The molecular formula is C14H27ClN2O2. The topological polar surface area (TPSA) is 64.4 Å². The first kappa shape index (κ1) is 16.7. The number of nitrogens with one attached hydrogen (secondary N) is 1. The summed E-state index contributed by atoms with van der Waals surface area (Å²) in [7, 11) is 0. The number of rotatable bonds is 5. The summed E-state index contributed by atoms with van der Waals surface area (Å²) in [4.78, 5) is 11.9. The molecule has 0 radical (unpaired) electrons. The van der Waals surface area contributed by atoms with Crippen LogP contribution in [0.15, 0.2) is 0 Å². The molecule has 0 aromatic rings. The zero-order valence-corrected chi connectivity index (χ0v) is 12.4. The highest BCUT2D eigenvalue weighted by Crippen LogP contribution is 2.25. The number of carbonyl (C=O) groups excluding carboxylic acids is 1. The van der Waals surface area contributed by atoms with Crippen molar-refractivity contribution in [3.05, 3.63) is 0 Å². The van der Waals surface area contributed by atoms with E-state index in [0.717, 1.165) is 31.7 Å². The molecule has 1 heterocycles. The van der Waals surface area contributed by atoms with Gasteiger partial charge < -0.3 is 15.8 Å². The molecule has 3 N–H and O–H groups in total. The number of hydrogen-bond donors (Lipinski definition) is 2. The van der Waals surface area contributed by atoms with E-state index in [1.807, 2.05) is 0 Å². The van der Waals surface area contributed by atoms with Gasteiger partial charge in [-0.15, -0.1) is 12.4 Å². The van der Waals surface area contributed by atoms with Crippen molar-refractivity contribution in [2.45, 2.75) is 63.6 Å². The second-order valence-electron chi connectivity index (χ2n) is 5.64. The molecule has 1 saturated carbocycles. The molecular weight excluding hydrogens is 264 g/mol. The molecule has 2 fully saturated rings. The van der Waals surface area contributed by atoms with Crippen LogP contribution in [0.4, 0.5) is 0 Å². The third-order valence-electron chi connectivity index (χ3n) is 4.24. The average molecular weight is 291 g/mol. The summed E-state index contributed by atoms with van der Waals surface area (Å²) in [6.07, 6.45) is 9.47. The van der Waals surface area contributed by atoms with Crippen molar-refractivity contribution in [1.82, 2.24) is 5.32 Å². The lowest BCUT2D eigenvalue weighted by Gasteiger charge is -2.21. The Morgan fingerprint density at radius 3 is 2.53 bits per heavy atom. The Bertz CT molecular complexity index is 270. The minimum atomic E-state index is -0.259. The van der Waals surface area contributed by atoms with Gasteiger partial charge in [0, 0.05) is 13.1 Å². The summed E-state index contributed by atoms with van der Waals surface area (Å²) in [6, 6.07) is 0. The van der Waals surface area contributed by atoms with Crippen LogP contribution in [0, 0.1) is 5.92 Å². The highest BCUT2D eigenvalue weighted by Gasteiger charge is 2.29. The summed E-state index contributed by atoms with van der Waals surface area (Å²) in [5, 5.41) is 3.01. The van der Waals surface area contributed by atoms with Crippen molar-refractivity contribution in [1.29, 1.82) is 0 Å². The van der Waals surface area contributed by atoms with E-state index < -0.39 is 0 Å². The highest BCUT2D eigenvalue weighted by molar-refractivity contribution is 5.85. The predicted octanol–water partition coefficient (Wildman–Crippen LogP) is 2.00. The van der Waals surface area contributed by atoms with Gasteiger partial charge in [0.25, 0.3) is 0 Å². The third-order valence-corrected chi connectivity index (χ3v) is 4.24. The van der Waals surface area contributed by atoms with Crippen molar-refractivity contribution in [3.8, 4) is 0 Å². The van der Waals surface area contributed by atoms with Gasteiger partial charge in [0.15, 0.2) is 0 Å². The van der Waals surface area contributed by atoms with E-state index in [4.69, 9.17) is 10.5 Å². The molecule has 0 aromatic heterocycles. The molecule has 2 aliphatic rings. The van der Waals surface area contributed by atoms with E-state index in [9.17, 15) is 4.79 Å². The largest absolute Gasteiger partial charge is 0.364 e. The van der Waals surface area contributed by atoms with Crippen molar-refractivity contribution in [2.24, 2.45) is 11.7 Å². The minimum absolute atomic E-state index is 0. The summed E-state index contributed by atoms with van der Waals surface area (Å²) in [5.74, 6) is 0.877. The zero-order valence-electron chi connectivity index (χ0n) is 11.6. The molecule has 19 heavy (non-hydrogen) atoms. The van der Waals surface area contributed by atoms with Crippen LogP contribution in [0.25, 0.3) is 0 Å². The van der Waals surface area contributed by atoms with E-state index in [2.05, 4.69) is 5.32 Å². The fourth-order valence-electron chi connectivity index (χ4n) is 3.06.